The molecule has 1 atom stereocenters. The van der Waals surface area contributed by atoms with Gasteiger partial charge in [-0.3, -0.25) is 0 Å². The van der Waals surface area contributed by atoms with Gasteiger partial charge >= 0.3 is 0 Å². The number of likely N-dealkylation sites (N-methyl/N-ethyl adjacent to an activating group) is 1. The number of hydrogen-bond acceptors (Lipinski definition) is 3. The van der Waals surface area contributed by atoms with Crippen molar-refractivity contribution in [3.63, 3.8) is 0 Å². The molecule has 1 N–H and O–H groups in total. The maximum absolute atomic E-state index is 13.5. The number of nitrogens with one attached hydrogen (secondary N) is 1. The monoisotopic (exact) mass is 321 g/mol. The smallest absolute Gasteiger partial charge is 0.154 e. The lowest BCUT2D eigenvalue weighted by Crippen LogP contribution is -2.52. The first-order valence-corrected chi connectivity index (χ1v) is 8.73. The van der Waals surface area contributed by atoms with Gasteiger partial charge in [-0.05, 0) is 44.5 Å². The van der Waals surface area contributed by atoms with Crippen LogP contribution in [0, 0.1) is 5.82 Å². The van der Waals surface area contributed by atoms with E-state index in [4.69, 9.17) is 11.6 Å². The number of halogens is 2. The van der Waals surface area contributed by atoms with Crippen molar-refractivity contribution in [2.45, 2.75) is 38.0 Å². The minimum Gasteiger partial charge on any atom is -0.312 e. The second-order valence-corrected chi connectivity index (χ2v) is 8.44. The summed E-state index contributed by atoms with van der Waals surface area (Å²) in [4.78, 5) is 0. The van der Waals surface area contributed by atoms with Gasteiger partial charge in [0.15, 0.2) is 9.84 Å². The Bertz CT molecular complexity index is 573. The molecule has 0 aromatic heterocycles. The fourth-order valence-electron chi connectivity index (χ4n) is 1.97. The van der Waals surface area contributed by atoms with E-state index in [0.717, 1.165) is 5.56 Å². The number of sulfone groups is 1. The summed E-state index contributed by atoms with van der Waals surface area (Å²) >= 11 is 5.65. The van der Waals surface area contributed by atoms with Crippen molar-refractivity contribution in [1.29, 1.82) is 0 Å². The zero-order chi connectivity index (χ0) is 15.6. The summed E-state index contributed by atoms with van der Waals surface area (Å²) in [6.07, 6.45) is 1.64. The standard InChI is InChI=1S/C14H21ClFNO2S/c1-5-17-13(14(2,3)20(4,18)19)9-10-6-7-11(15)12(16)8-10/h6-8,13,17H,5,9H2,1-4H3. The predicted octanol–water partition coefficient (Wildman–Crippen LogP) is 2.82. The molecule has 1 aromatic carbocycles. The molecule has 1 rings (SSSR count). The molecule has 1 unspecified atom stereocenters. The Morgan fingerprint density at radius 1 is 1.40 bits per heavy atom. The first-order chi connectivity index (χ1) is 9.09. The first kappa shape index (κ1) is 17.4. The number of benzene rings is 1. The van der Waals surface area contributed by atoms with E-state index in [9.17, 15) is 12.8 Å². The Balaban J connectivity index is 3.06. The lowest BCUT2D eigenvalue weighted by Gasteiger charge is -2.33. The van der Waals surface area contributed by atoms with E-state index in [1.807, 2.05) is 6.92 Å². The SMILES string of the molecule is CCNC(Cc1ccc(Cl)c(F)c1)C(C)(C)S(C)(=O)=O. The highest BCUT2D eigenvalue weighted by atomic mass is 35.5. The lowest BCUT2D eigenvalue weighted by molar-refractivity contribution is 0.413. The van der Waals surface area contributed by atoms with Gasteiger partial charge in [-0.2, -0.15) is 0 Å². The zero-order valence-electron chi connectivity index (χ0n) is 12.2. The molecule has 0 aliphatic heterocycles. The third kappa shape index (κ3) is 3.93. The first-order valence-electron chi connectivity index (χ1n) is 6.46. The second kappa shape index (κ2) is 6.41. The average Bonchev–Trinajstić information content (AvgIpc) is 2.31. The van der Waals surface area contributed by atoms with Crippen molar-refractivity contribution in [2.24, 2.45) is 0 Å². The van der Waals surface area contributed by atoms with Crippen LogP contribution >= 0.6 is 11.6 Å². The molecule has 0 spiro atoms. The number of rotatable bonds is 6. The van der Waals surface area contributed by atoms with Crippen LogP contribution in [0.2, 0.25) is 5.02 Å². The highest BCUT2D eigenvalue weighted by Gasteiger charge is 2.38. The molecule has 114 valence electrons. The Morgan fingerprint density at radius 3 is 2.45 bits per heavy atom. The van der Waals surface area contributed by atoms with Gasteiger partial charge in [0, 0.05) is 12.3 Å². The van der Waals surface area contributed by atoms with Crippen LogP contribution in [0.5, 0.6) is 0 Å². The van der Waals surface area contributed by atoms with E-state index in [1.54, 1.807) is 19.9 Å². The maximum atomic E-state index is 13.5. The molecule has 0 aliphatic carbocycles. The molecular formula is C14H21ClFNO2S. The molecular weight excluding hydrogens is 301 g/mol. The molecule has 0 heterocycles. The maximum Gasteiger partial charge on any atom is 0.154 e. The van der Waals surface area contributed by atoms with Crippen molar-refractivity contribution in [2.75, 3.05) is 12.8 Å². The molecule has 0 saturated carbocycles. The Labute approximate surface area is 125 Å². The minimum atomic E-state index is -3.24. The van der Waals surface area contributed by atoms with E-state index in [0.29, 0.717) is 13.0 Å². The van der Waals surface area contributed by atoms with Crippen molar-refractivity contribution >= 4 is 21.4 Å². The molecule has 0 radical (unpaired) electrons. The van der Waals surface area contributed by atoms with Gasteiger partial charge in [-0.15, -0.1) is 0 Å². The Kier molecular flexibility index (Phi) is 5.58. The topological polar surface area (TPSA) is 46.2 Å². The van der Waals surface area contributed by atoms with Crippen molar-refractivity contribution in [3.05, 3.63) is 34.6 Å². The van der Waals surface area contributed by atoms with Gasteiger partial charge in [0.2, 0.25) is 0 Å². The van der Waals surface area contributed by atoms with Gasteiger partial charge in [-0.1, -0.05) is 24.6 Å². The summed E-state index contributed by atoms with van der Waals surface area (Å²) in [6.45, 7) is 5.91. The van der Waals surface area contributed by atoms with Crippen LogP contribution in [0.25, 0.3) is 0 Å². The van der Waals surface area contributed by atoms with Crippen LogP contribution < -0.4 is 5.32 Å². The molecule has 0 aliphatic rings. The molecule has 6 heteroatoms. The molecule has 0 saturated heterocycles. The zero-order valence-corrected chi connectivity index (χ0v) is 13.8. The minimum absolute atomic E-state index is 0.0659. The number of hydrogen-bond donors (Lipinski definition) is 1. The molecule has 20 heavy (non-hydrogen) atoms. The summed E-state index contributed by atoms with van der Waals surface area (Å²) in [6, 6.07) is 4.25. The highest BCUT2D eigenvalue weighted by Crippen LogP contribution is 2.24. The summed E-state index contributed by atoms with van der Waals surface area (Å²) < 4.78 is 36.4. The van der Waals surface area contributed by atoms with E-state index in [2.05, 4.69) is 5.32 Å². The lowest BCUT2D eigenvalue weighted by atomic mass is 9.95. The Morgan fingerprint density at radius 2 is 2.00 bits per heavy atom. The van der Waals surface area contributed by atoms with Crippen LogP contribution in [0.4, 0.5) is 4.39 Å². The molecule has 3 nitrogen and oxygen atoms in total. The summed E-state index contributed by atoms with van der Waals surface area (Å²) in [5.74, 6) is -0.489. The fraction of sp³-hybridized carbons (Fsp3) is 0.571. The van der Waals surface area contributed by atoms with Gasteiger partial charge in [0.25, 0.3) is 0 Å². The van der Waals surface area contributed by atoms with E-state index in [-0.39, 0.29) is 11.1 Å². The van der Waals surface area contributed by atoms with Crippen LogP contribution in [0.1, 0.15) is 26.3 Å². The summed E-state index contributed by atoms with van der Waals surface area (Å²) in [5.41, 5.74) is 0.717. The van der Waals surface area contributed by atoms with E-state index < -0.39 is 20.4 Å². The molecule has 0 amide bonds. The van der Waals surface area contributed by atoms with Crippen molar-refractivity contribution in [3.8, 4) is 0 Å². The molecule has 1 aromatic rings. The van der Waals surface area contributed by atoms with Crippen LogP contribution in [0.15, 0.2) is 18.2 Å². The molecule has 0 bridgehead atoms. The summed E-state index contributed by atoms with van der Waals surface area (Å²) in [5, 5.41) is 3.24. The largest absolute Gasteiger partial charge is 0.312 e. The fourth-order valence-corrected chi connectivity index (χ4v) is 2.77. The predicted molar refractivity (Wildman–Crippen MR) is 81.5 cm³/mol. The van der Waals surface area contributed by atoms with Gasteiger partial charge in [0.05, 0.1) is 9.77 Å². The highest BCUT2D eigenvalue weighted by molar-refractivity contribution is 7.92. The van der Waals surface area contributed by atoms with E-state index >= 15 is 0 Å². The third-order valence-corrected chi connectivity index (χ3v) is 6.17. The quantitative estimate of drug-likeness (QED) is 0.876. The Hall–Kier alpha value is -0.650. The van der Waals surface area contributed by atoms with Crippen molar-refractivity contribution in [1.82, 2.24) is 5.32 Å². The third-order valence-electron chi connectivity index (χ3n) is 3.67. The van der Waals surface area contributed by atoms with Crippen LogP contribution in [0.3, 0.4) is 0 Å². The summed E-state index contributed by atoms with van der Waals surface area (Å²) in [7, 11) is -3.24. The van der Waals surface area contributed by atoms with Gasteiger partial charge in [-0.25, -0.2) is 12.8 Å². The van der Waals surface area contributed by atoms with Crippen LogP contribution in [-0.4, -0.2) is 32.0 Å². The second-order valence-electron chi connectivity index (χ2n) is 5.44. The van der Waals surface area contributed by atoms with E-state index in [1.165, 1.54) is 18.4 Å². The van der Waals surface area contributed by atoms with Gasteiger partial charge < -0.3 is 5.32 Å². The molecule has 0 fully saturated rings. The van der Waals surface area contributed by atoms with Gasteiger partial charge in [0.1, 0.15) is 5.82 Å². The van der Waals surface area contributed by atoms with Crippen molar-refractivity contribution < 1.29 is 12.8 Å². The van der Waals surface area contributed by atoms with Crippen LogP contribution in [-0.2, 0) is 16.3 Å². The normalized spacial score (nSPS) is 14.3. The average molecular weight is 322 g/mol.